The summed E-state index contributed by atoms with van der Waals surface area (Å²) in [7, 11) is 3.38. The molecule has 0 aliphatic rings. The van der Waals surface area contributed by atoms with Crippen molar-refractivity contribution in [3.8, 4) is 0 Å². The number of anilines is 1. The van der Waals surface area contributed by atoms with Gasteiger partial charge in [-0.15, -0.1) is 0 Å². The van der Waals surface area contributed by atoms with Crippen LogP contribution < -0.4 is 5.73 Å². The average molecular weight is 370 g/mol. The zero-order valence-corrected chi connectivity index (χ0v) is 16.5. The summed E-state index contributed by atoms with van der Waals surface area (Å²) in [5.41, 5.74) is 8.53. The highest BCUT2D eigenvalue weighted by atomic mass is 33.1. The van der Waals surface area contributed by atoms with Gasteiger partial charge in [-0.1, -0.05) is 34.6 Å². The molecule has 1 aromatic heterocycles. The molecule has 0 aromatic carbocycles. The van der Waals surface area contributed by atoms with Crippen LogP contribution in [-0.4, -0.2) is 33.3 Å². The Hall–Kier alpha value is -1.18. The van der Waals surface area contributed by atoms with Crippen LogP contribution in [0, 0.1) is 6.92 Å². The molecule has 1 rings (SSSR count). The second-order valence-electron chi connectivity index (χ2n) is 5.49. The molecule has 0 atom stereocenters. The van der Waals surface area contributed by atoms with Gasteiger partial charge in [-0.2, -0.15) is 0 Å². The minimum atomic E-state index is -0.0518. The van der Waals surface area contributed by atoms with Crippen LogP contribution in [0.5, 0.6) is 0 Å². The maximum Gasteiger partial charge on any atom is 0.223 e. The van der Waals surface area contributed by atoms with Gasteiger partial charge in [0, 0.05) is 47.6 Å². The van der Waals surface area contributed by atoms with Gasteiger partial charge in [0.05, 0.1) is 6.54 Å². The Morgan fingerprint density at radius 3 is 2.62 bits per heavy atom. The first-order valence-electron chi connectivity index (χ1n) is 8.00. The topological polar surface area (TPSA) is 79.4 Å². The van der Waals surface area contributed by atoms with Crippen molar-refractivity contribution in [1.29, 1.82) is 0 Å². The van der Waals surface area contributed by atoms with Crippen LogP contribution in [0.15, 0.2) is 22.7 Å². The summed E-state index contributed by atoms with van der Waals surface area (Å²) in [4.78, 5) is 19.1. The standard InChI is InChI=1S/C17H27N3O2S2/c1-5-10-23-24-16(8-9-21)13(3)20(14(4)22)11-15-7-6-12(2)19-17(15)18/h6-7,21H,5,8-11H2,1-4H3,(H2,18,19)/b16-13-. The lowest BCUT2D eigenvalue weighted by atomic mass is 10.2. The van der Waals surface area contributed by atoms with Gasteiger partial charge in [-0.3, -0.25) is 4.79 Å². The van der Waals surface area contributed by atoms with Gasteiger partial charge in [-0.05, 0) is 26.3 Å². The molecule has 24 heavy (non-hydrogen) atoms. The van der Waals surface area contributed by atoms with E-state index in [1.165, 1.54) is 0 Å². The molecular formula is C17H27N3O2S2. The number of aliphatic hydroxyl groups is 1. The lowest BCUT2D eigenvalue weighted by molar-refractivity contribution is -0.127. The molecule has 0 radical (unpaired) electrons. The Kier molecular flexibility index (Phi) is 9.25. The zero-order valence-electron chi connectivity index (χ0n) is 14.8. The van der Waals surface area contributed by atoms with Gasteiger partial charge in [-0.25, -0.2) is 4.98 Å². The fourth-order valence-electron chi connectivity index (χ4n) is 2.11. The van der Waals surface area contributed by atoms with E-state index < -0.39 is 0 Å². The van der Waals surface area contributed by atoms with Crippen molar-refractivity contribution in [1.82, 2.24) is 9.88 Å². The lowest BCUT2D eigenvalue weighted by Gasteiger charge is -2.25. The summed E-state index contributed by atoms with van der Waals surface area (Å²) in [6, 6.07) is 3.80. The van der Waals surface area contributed by atoms with E-state index in [2.05, 4.69) is 11.9 Å². The Balaban J connectivity index is 3.05. The SMILES string of the molecule is CCCSS/C(CCO)=C(/C)N(Cc1ccc(C)nc1N)C(C)=O. The number of nitrogens with two attached hydrogens (primary N) is 1. The number of aromatic nitrogens is 1. The number of carbonyl (C=O) groups is 1. The Morgan fingerprint density at radius 2 is 2.08 bits per heavy atom. The first-order chi connectivity index (χ1) is 11.4. The van der Waals surface area contributed by atoms with Crippen molar-refractivity contribution in [2.45, 2.75) is 47.1 Å². The molecule has 0 saturated carbocycles. The largest absolute Gasteiger partial charge is 0.396 e. The van der Waals surface area contributed by atoms with Crippen LogP contribution in [0.25, 0.3) is 0 Å². The molecule has 3 N–H and O–H groups in total. The number of nitrogens with zero attached hydrogens (tertiary/aromatic N) is 2. The number of carbonyl (C=O) groups excluding carboxylic acids is 1. The molecule has 1 amide bonds. The van der Waals surface area contributed by atoms with Crippen LogP contribution in [-0.2, 0) is 11.3 Å². The average Bonchev–Trinajstić information content (AvgIpc) is 2.52. The van der Waals surface area contributed by atoms with Gasteiger partial charge in [0.1, 0.15) is 5.82 Å². The van der Waals surface area contributed by atoms with Crippen LogP contribution >= 0.6 is 21.6 Å². The number of amides is 1. The number of pyridine rings is 1. The molecule has 0 unspecified atom stereocenters. The van der Waals surface area contributed by atoms with Gasteiger partial charge in [0.25, 0.3) is 0 Å². The van der Waals surface area contributed by atoms with Gasteiger partial charge in [0.2, 0.25) is 5.91 Å². The third kappa shape index (κ3) is 6.37. The fourth-order valence-corrected chi connectivity index (χ4v) is 4.69. The number of hydrogen-bond donors (Lipinski definition) is 2. The van der Waals surface area contributed by atoms with E-state index in [-0.39, 0.29) is 12.5 Å². The summed E-state index contributed by atoms with van der Waals surface area (Å²) < 4.78 is 0. The molecule has 0 saturated heterocycles. The van der Waals surface area contributed by atoms with E-state index in [9.17, 15) is 9.90 Å². The van der Waals surface area contributed by atoms with Crippen LogP contribution in [0.1, 0.15) is 44.9 Å². The highest BCUT2D eigenvalue weighted by molar-refractivity contribution is 8.78. The number of rotatable bonds is 9. The molecule has 0 bridgehead atoms. The maximum absolute atomic E-state index is 12.2. The molecule has 0 aliphatic carbocycles. The Bertz CT molecular complexity index is 591. The summed E-state index contributed by atoms with van der Waals surface area (Å²) >= 11 is 0. The number of nitrogen functional groups attached to an aromatic ring is 1. The van der Waals surface area contributed by atoms with Gasteiger partial charge < -0.3 is 15.7 Å². The highest BCUT2D eigenvalue weighted by Gasteiger charge is 2.17. The van der Waals surface area contributed by atoms with Crippen LogP contribution in [0.2, 0.25) is 0 Å². The number of aliphatic hydroxyl groups excluding tert-OH is 1. The van der Waals surface area contributed by atoms with Crippen LogP contribution in [0.4, 0.5) is 5.82 Å². The summed E-state index contributed by atoms with van der Waals surface area (Å²) in [5.74, 6) is 1.43. The minimum absolute atomic E-state index is 0.0518. The van der Waals surface area contributed by atoms with Crippen molar-refractivity contribution < 1.29 is 9.90 Å². The minimum Gasteiger partial charge on any atom is -0.396 e. The van der Waals surface area contributed by atoms with E-state index in [4.69, 9.17) is 5.73 Å². The van der Waals surface area contributed by atoms with Crippen molar-refractivity contribution in [2.75, 3.05) is 18.1 Å². The molecule has 7 heteroatoms. The predicted octanol–water partition coefficient (Wildman–Crippen LogP) is 3.73. The highest BCUT2D eigenvalue weighted by Crippen LogP contribution is 2.36. The molecule has 5 nitrogen and oxygen atoms in total. The van der Waals surface area contributed by atoms with E-state index in [0.717, 1.165) is 34.0 Å². The van der Waals surface area contributed by atoms with Crippen LogP contribution in [0.3, 0.4) is 0 Å². The maximum atomic E-state index is 12.2. The van der Waals surface area contributed by atoms with Crippen molar-refractivity contribution >= 4 is 33.3 Å². The first kappa shape index (κ1) is 20.9. The third-order valence-electron chi connectivity index (χ3n) is 3.45. The summed E-state index contributed by atoms with van der Waals surface area (Å²) in [5, 5.41) is 9.34. The number of allylic oxidation sites excluding steroid dienone is 1. The molecule has 1 aromatic rings. The van der Waals surface area contributed by atoms with E-state index in [1.807, 2.05) is 26.0 Å². The second-order valence-corrected chi connectivity index (χ2v) is 8.00. The molecule has 0 aliphatic heterocycles. The molecule has 1 heterocycles. The van der Waals surface area contributed by atoms with Gasteiger partial charge in [0.15, 0.2) is 0 Å². The zero-order chi connectivity index (χ0) is 18.1. The quantitative estimate of drug-likeness (QED) is 0.510. The first-order valence-corrected chi connectivity index (χ1v) is 10.3. The van der Waals surface area contributed by atoms with Crippen molar-refractivity contribution in [2.24, 2.45) is 0 Å². The molecular weight excluding hydrogens is 342 g/mol. The van der Waals surface area contributed by atoms with E-state index >= 15 is 0 Å². The fraction of sp³-hybridized carbons (Fsp3) is 0.529. The van der Waals surface area contributed by atoms with E-state index in [1.54, 1.807) is 33.4 Å². The molecule has 0 fully saturated rings. The van der Waals surface area contributed by atoms with Gasteiger partial charge >= 0.3 is 0 Å². The monoisotopic (exact) mass is 369 g/mol. The second kappa shape index (κ2) is 10.6. The molecule has 0 spiro atoms. The van der Waals surface area contributed by atoms with Crippen molar-refractivity contribution in [3.05, 3.63) is 34.0 Å². The normalized spacial score (nSPS) is 12.0. The number of hydrogen-bond acceptors (Lipinski definition) is 6. The smallest absolute Gasteiger partial charge is 0.223 e. The predicted molar refractivity (Wildman–Crippen MR) is 104 cm³/mol. The summed E-state index contributed by atoms with van der Waals surface area (Å²) in [6.45, 7) is 7.92. The summed E-state index contributed by atoms with van der Waals surface area (Å²) in [6.07, 6.45) is 1.63. The number of aryl methyl sites for hydroxylation is 1. The lowest BCUT2D eigenvalue weighted by Crippen LogP contribution is -2.28. The Labute approximate surface area is 152 Å². The van der Waals surface area contributed by atoms with E-state index in [0.29, 0.717) is 18.8 Å². The third-order valence-corrected chi connectivity index (χ3v) is 6.30. The van der Waals surface area contributed by atoms with Crippen molar-refractivity contribution in [3.63, 3.8) is 0 Å². The Morgan fingerprint density at radius 1 is 1.38 bits per heavy atom. The molecule has 134 valence electrons.